The van der Waals surface area contributed by atoms with E-state index in [9.17, 15) is 14.7 Å². The molecule has 0 bridgehead atoms. The Morgan fingerprint density at radius 2 is 1.93 bits per heavy atom. The van der Waals surface area contributed by atoms with Crippen molar-refractivity contribution in [3.63, 3.8) is 0 Å². The molecule has 3 aromatic rings. The molecule has 1 amide bonds. The SMILES string of the molecule is CCCCCO[C@@H]1[C@@H](Cc2cccc3ccccc23)COC[C@H](NC(=O)c2nccc(OC)c2O)C(=O)O[C@H]1C. The zero-order valence-electron chi connectivity index (χ0n) is 23.3. The van der Waals surface area contributed by atoms with Crippen LogP contribution in [0, 0.1) is 5.92 Å². The van der Waals surface area contributed by atoms with Crippen LogP contribution >= 0.6 is 0 Å². The van der Waals surface area contributed by atoms with Gasteiger partial charge in [-0.2, -0.15) is 0 Å². The molecule has 214 valence electrons. The highest BCUT2D eigenvalue weighted by molar-refractivity contribution is 5.98. The maximum Gasteiger partial charge on any atom is 0.331 e. The molecular formula is C31H38N2O7. The number of aromatic nitrogens is 1. The zero-order valence-corrected chi connectivity index (χ0v) is 23.3. The number of benzene rings is 2. The number of amides is 1. The van der Waals surface area contributed by atoms with Crippen molar-refractivity contribution < 1.29 is 33.6 Å². The molecule has 0 radical (unpaired) electrons. The summed E-state index contributed by atoms with van der Waals surface area (Å²) in [6.07, 6.45) is 4.04. The maximum absolute atomic E-state index is 13.2. The van der Waals surface area contributed by atoms with Gasteiger partial charge in [0, 0.05) is 24.8 Å². The number of nitrogens with one attached hydrogen (secondary N) is 1. The number of hydrogen-bond donors (Lipinski definition) is 2. The largest absolute Gasteiger partial charge is 0.503 e. The Morgan fingerprint density at radius 1 is 1.12 bits per heavy atom. The second kappa shape index (κ2) is 14.1. The predicted molar refractivity (Wildman–Crippen MR) is 150 cm³/mol. The molecule has 1 fully saturated rings. The van der Waals surface area contributed by atoms with Crippen LogP contribution in [0.5, 0.6) is 11.5 Å². The minimum Gasteiger partial charge on any atom is -0.503 e. The number of ether oxygens (including phenoxy) is 4. The lowest BCUT2D eigenvalue weighted by atomic mass is 9.89. The lowest BCUT2D eigenvalue weighted by molar-refractivity contribution is -0.160. The Bertz CT molecular complexity index is 1290. The Labute approximate surface area is 234 Å². The first-order valence-electron chi connectivity index (χ1n) is 13.8. The molecule has 40 heavy (non-hydrogen) atoms. The van der Waals surface area contributed by atoms with E-state index in [1.165, 1.54) is 19.4 Å². The standard InChI is InChI=1S/C31H38N2O7/c1-4-5-8-16-39-29-20(2)40-31(36)25(33-30(35)27-28(34)26(37-3)14-15-32-27)19-38-18-23(29)17-22-12-9-11-21-10-6-7-13-24(21)22/h6-7,9-15,20,23,25,29,34H,4-5,8,16-19H2,1-3H3,(H,33,35)/t20-,23-,25-,29-/m0/s1. The fourth-order valence-electron chi connectivity index (χ4n) is 5.08. The number of hydrogen-bond acceptors (Lipinski definition) is 8. The highest BCUT2D eigenvalue weighted by Gasteiger charge is 2.36. The summed E-state index contributed by atoms with van der Waals surface area (Å²) < 4.78 is 23.3. The quantitative estimate of drug-likeness (QED) is 0.281. The van der Waals surface area contributed by atoms with E-state index in [0.717, 1.165) is 35.6 Å². The number of cyclic esters (lactones) is 1. The van der Waals surface area contributed by atoms with Gasteiger partial charge in [-0.05, 0) is 36.1 Å². The van der Waals surface area contributed by atoms with Gasteiger partial charge in [0.2, 0.25) is 0 Å². The fourth-order valence-corrected chi connectivity index (χ4v) is 5.08. The summed E-state index contributed by atoms with van der Waals surface area (Å²) in [5.41, 5.74) is 0.905. The monoisotopic (exact) mass is 550 g/mol. The molecule has 1 aliphatic heterocycles. The fraction of sp³-hybridized carbons (Fsp3) is 0.452. The number of methoxy groups -OCH3 is 1. The van der Waals surface area contributed by atoms with Crippen LogP contribution in [0.2, 0.25) is 0 Å². The van der Waals surface area contributed by atoms with Gasteiger partial charge in [0.05, 0.1) is 26.4 Å². The van der Waals surface area contributed by atoms with Crippen LogP contribution in [-0.2, 0) is 25.4 Å². The van der Waals surface area contributed by atoms with Crippen LogP contribution < -0.4 is 10.1 Å². The lowest BCUT2D eigenvalue weighted by Gasteiger charge is -2.31. The molecule has 2 heterocycles. The van der Waals surface area contributed by atoms with Gasteiger partial charge in [0.1, 0.15) is 6.10 Å². The number of aromatic hydroxyl groups is 1. The molecule has 9 nitrogen and oxygen atoms in total. The third-order valence-electron chi connectivity index (χ3n) is 7.18. The van der Waals surface area contributed by atoms with Crippen LogP contribution in [0.3, 0.4) is 0 Å². The summed E-state index contributed by atoms with van der Waals surface area (Å²) in [7, 11) is 1.37. The van der Waals surface area contributed by atoms with E-state index in [4.69, 9.17) is 18.9 Å². The van der Waals surface area contributed by atoms with E-state index in [1.807, 2.05) is 25.1 Å². The average molecular weight is 551 g/mol. The van der Waals surface area contributed by atoms with Crippen LogP contribution in [-0.4, -0.2) is 67.1 Å². The van der Waals surface area contributed by atoms with E-state index in [0.29, 0.717) is 19.6 Å². The molecule has 0 spiro atoms. The summed E-state index contributed by atoms with van der Waals surface area (Å²) in [6.45, 7) is 4.70. The number of carbonyl (C=O) groups excluding carboxylic acids is 2. The van der Waals surface area contributed by atoms with E-state index >= 15 is 0 Å². The highest BCUT2D eigenvalue weighted by atomic mass is 16.6. The number of esters is 1. The van der Waals surface area contributed by atoms with Crippen molar-refractivity contribution in [2.24, 2.45) is 5.92 Å². The summed E-state index contributed by atoms with van der Waals surface area (Å²) in [5, 5.41) is 15.3. The van der Waals surface area contributed by atoms with Gasteiger partial charge in [-0.1, -0.05) is 62.2 Å². The Hall–Kier alpha value is -3.69. The molecule has 2 N–H and O–H groups in total. The van der Waals surface area contributed by atoms with Gasteiger partial charge in [-0.3, -0.25) is 4.79 Å². The highest BCUT2D eigenvalue weighted by Crippen LogP contribution is 2.29. The van der Waals surface area contributed by atoms with Crippen molar-refractivity contribution in [1.82, 2.24) is 10.3 Å². The number of nitrogens with zero attached hydrogens (tertiary/aromatic N) is 1. The maximum atomic E-state index is 13.2. The molecule has 1 aromatic heterocycles. The lowest BCUT2D eigenvalue weighted by Crippen LogP contribution is -2.46. The topological polar surface area (TPSA) is 116 Å². The van der Waals surface area contributed by atoms with Gasteiger partial charge in [-0.25, -0.2) is 9.78 Å². The summed E-state index contributed by atoms with van der Waals surface area (Å²) in [6, 6.07) is 14.8. The van der Waals surface area contributed by atoms with Crippen molar-refractivity contribution in [3.05, 3.63) is 66.0 Å². The number of unbranched alkanes of at least 4 members (excludes halogenated alkanes) is 2. The molecule has 2 aromatic carbocycles. The van der Waals surface area contributed by atoms with Crippen molar-refractivity contribution in [2.45, 2.75) is 57.8 Å². The third kappa shape index (κ3) is 7.08. The van der Waals surface area contributed by atoms with Crippen LogP contribution in [0.25, 0.3) is 10.8 Å². The first kappa shape index (κ1) is 29.3. The molecule has 0 aliphatic carbocycles. The summed E-state index contributed by atoms with van der Waals surface area (Å²) >= 11 is 0. The normalized spacial score (nSPS) is 21.6. The van der Waals surface area contributed by atoms with Crippen molar-refractivity contribution in [3.8, 4) is 11.5 Å². The van der Waals surface area contributed by atoms with Crippen LogP contribution in [0.15, 0.2) is 54.7 Å². The first-order chi connectivity index (χ1) is 19.4. The number of pyridine rings is 1. The zero-order chi connectivity index (χ0) is 28.5. The first-order valence-corrected chi connectivity index (χ1v) is 13.8. The van der Waals surface area contributed by atoms with Crippen molar-refractivity contribution >= 4 is 22.6 Å². The van der Waals surface area contributed by atoms with Gasteiger partial charge in [0.25, 0.3) is 5.91 Å². The molecule has 9 heteroatoms. The van der Waals surface area contributed by atoms with Crippen LogP contribution in [0.1, 0.15) is 49.2 Å². The smallest absolute Gasteiger partial charge is 0.331 e. The minimum absolute atomic E-state index is 0.0985. The van der Waals surface area contributed by atoms with E-state index in [-0.39, 0.29) is 24.0 Å². The summed E-state index contributed by atoms with van der Waals surface area (Å²) in [4.78, 5) is 30.1. The molecule has 4 atom stereocenters. The number of carbonyl (C=O) groups is 2. The third-order valence-corrected chi connectivity index (χ3v) is 7.18. The van der Waals surface area contributed by atoms with Crippen molar-refractivity contribution in [2.75, 3.05) is 26.9 Å². The molecule has 0 saturated carbocycles. The second-order valence-electron chi connectivity index (χ2n) is 10.1. The predicted octanol–water partition coefficient (Wildman–Crippen LogP) is 4.44. The summed E-state index contributed by atoms with van der Waals surface area (Å²) in [5.74, 6) is -1.80. The van der Waals surface area contributed by atoms with E-state index < -0.39 is 35.9 Å². The van der Waals surface area contributed by atoms with Gasteiger partial charge >= 0.3 is 5.97 Å². The van der Waals surface area contributed by atoms with E-state index in [2.05, 4.69) is 41.5 Å². The second-order valence-corrected chi connectivity index (χ2v) is 10.1. The molecular weight excluding hydrogens is 512 g/mol. The number of fused-ring (bicyclic) bond motifs is 1. The average Bonchev–Trinajstić information content (AvgIpc) is 3.00. The molecule has 0 unspecified atom stereocenters. The van der Waals surface area contributed by atoms with Crippen molar-refractivity contribution in [1.29, 1.82) is 0 Å². The Balaban J connectivity index is 1.55. The van der Waals surface area contributed by atoms with Gasteiger partial charge < -0.3 is 29.4 Å². The molecule has 1 aliphatic rings. The van der Waals surface area contributed by atoms with E-state index in [1.54, 1.807) is 0 Å². The molecule has 1 saturated heterocycles. The number of rotatable bonds is 10. The van der Waals surface area contributed by atoms with Gasteiger partial charge in [0.15, 0.2) is 23.2 Å². The molecule has 4 rings (SSSR count). The minimum atomic E-state index is -1.10. The Kier molecular flexibility index (Phi) is 10.3. The van der Waals surface area contributed by atoms with Gasteiger partial charge in [-0.15, -0.1) is 0 Å². The Morgan fingerprint density at radius 3 is 2.73 bits per heavy atom. The van der Waals surface area contributed by atoms with Crippen LogP contribution in [0.4, 0.5) is 0 Å².